The fraction of sp³-hybridized carbons (Fsp3) is 0.571. The van der Waals surface area contributed by atoms with Crippen molar-refractivity contribution >= 4 is 0 Å². The molecule has 0 aromatic carbocycles. The molecular weight excluding hydrogens is 213 g/mol. The predicted octanol–water partition coefficient (Wildman–Crippen LogP) is 0.861. The summed E-state index contributed by atoms with van der Waals surface area (Å²) in [5.41, 5.74) is 0. The van der Waals surface area contributed by atoms with Crippen molar-refractivity contribution in [2.24, 2.45) is 5.92 Å². The second-order valence-electron chi connectivity index (χ2n) is 2.70. The number of alkyl halides is 3. The quantitative estimate of drug-likeness (QED) is 0.814. The zero-order valence-electron chi connectivity index (χ0n) is 7.45. The lowest BCUT2D eigenvalue weighted by Gasteiger charge is -2.12. The van der Waals surface area contributed by atoms with Crippen LogP contribution in [0.5, 0.6) is 0 Å². The number of nitrogens with one attached hydrogen (secondary N) is 1. The van der Waals surface area contributed by atoms with Gasteiger partial charge in [0.1, 0.15) is 0 Å². The van der Waals surface area contributed by atoms with Crippen LogP contribution < -0.4 is 5.32 Å². The number of nitriles is 1. The molecule has 0 amide bonds. The summed E-state index contributed by atoms with van der Waals surface area (Å²) in [5.74, 6) is -1.78. The van der Waals surface area contributed by atoms with Crippen molar-refractivity contribution in [3.8, 4) is 6.07 Å². The Bertz CT molecular complexity index is 329. The highest BCUT2D eigenvalue weighted by molar-refractivity contribution is 4.90. The minimum Gasteiger partial charge on any atom is -0.343 e. The van der Waals surface area contributed by atoms with Gasteiger partial charge in [-0.1, -0.05) is 5.16 Å². The Hall–Kier alpha value is -1.62. The number of aromatic nitrogens is 2. The summed E-state index contributed by atoms with van der Waals surface area (Å²) in [6, 6.07) is 1.17. The first-order valence-electron chi connectivity index (χ1n) is 3.96. The van der Waals surface area contributed by atoms with Crippen molar-refractivity contribution in [1.29, 1.82) is 5.26 Å². The van der Waals surface area contributed by atoms with Crippen LogP contribution in [-0.4, -0.2) is 22.9 Å². The Labute approximate surface area is 82.9 Å². The van der Waals surface area contributed by atoms with E-state index in [2.05, 4.69) is 20.0 Å². The van der Waals surface area contributed by atoms with Crippen LogP contribution in [0.3, 0.4) is 0 Å². The molecule has 1 atom stereocenters. The van der Waals surface area contributed by atoms with Crippen LogP contribution in [0.1, 0.15) is 5.82 Å². The summed E-state index contributed by atoms with van der Waals surface area (Å²) >= 11 is 0. The molecule has 1 aromatic rings. The predicted molar refractivity (Wildman–Crippen MR) is 41.2 cm³/mol. The lowest BCUT2D eigenvalue weighted by Crippen LogP contribution is -2.32. The van der Waals surface area contributed by atoms with Crippen molar-refractivity contribution in [2.75, 3.05) is 6.54 Å². The summed E-state index contributed by atoms with van der Waals surface area (Å²) < 4.78 is 40.6. The van der Waals surface area contributed by atoms with Gasteiger partial charge in [0, 0.05) is 6.54 Å². The van der Waals surface area contributed by atoms with E-state index in [1.165, 1.54) is 6.07 Å². The smallest absolute Gasteiger partial charge is 0.343 e. The maximum Gasteiger partial charge on any atom is 0.405 e. The van der Waals surface area contributed by atoms with Gasteiger partial charge in [0.15, 0.2) is 11.7 Å². The molecule has 1 rings (SSSR count). The summed E-state index contributed by atoms with van der Waals surface area (Å²) in [6.07, 6.45) is -3.44. The number of hydrogen-bond donors (Lipinski definition) is 1. The van der Waals surface area contributed by atoms with E-state index in [1.54, 1.807) is 0 Å². The third kappa shape index (κ3) is 3.55. The Kier molecular flexibility index (Phi) is 3.62. The van der Waals surface area contributed by atoms with Gasteiger partial charge in [0.05, 0.1) is 12.6 Å². The fourth-order valence-corrected chi connectivity index (χ4v) is 0.833. The van der Waals surface area contributed by atoms with Crippen LogP contribution in [0, 0.1) is 17.2 Å². The molecule has 1 unspecified atom stereocenters. The summed E-state index contributed by atoms with van der Waals surface area (Å²) in [5, 5.41) is 14.1. The molecule has 0 saturated heterocycles. The van der Waals surface area contributed by atoms with Crippen molar-refractivity contribution in [2.45, 2.75) is 12.7 Å². The molecule has 0 aliphatic rings. The highest BCUT2D eigenvalue weighted by atomic mass is 19.4. The van der Waals surface area contributed by atoms with Gasteiger partial charge in [-0.15, -0.1) is 0 Å². The second-order valence-corrected chi connectivity index (χ2v) is 2.70. The first-order valence-corrected chi connectivity index (χ1v) is 3.96. The van der Waals surface area contributed by atoms with E-state index in [-0.39, 0.29) is 12.4 Å². The number of hydrogen-bond acceptors (Lipinski definition) is 5. The summed E-state index contributed by atoms with van der Waals surface area (Å²) in [4.78, 5) is 3.60. The van der Waals surface area contributed by atoms with Gasteiger partial charge >= 0.3 is 6.18 Å². The van der Waals surface area contributed by atoms with Crippen LogP contribution in [-0.2, 0) is 6.54 Å². The van der Waals surface area contributed by atoms with E-state index in [9.17, 15) is 13.2 Å². The second kappa shape index (κ2) is 4.75. The van der Waals surface area contributed by atoms with Gasteiger partial charge in [-0.2, -0.15) is 23.4 Å². The molecule has 0 fully saturated rings. The first kappa shape index (κ1) is 11.5. The molecule has 8 heteroatoms. The summed E-state index contributed by atoms with van der Waals surface area (Å²) in [6.45, 7) is -0.459. The minimum absolute atomic E-state index is 0.0325. The van der Waals surface area contributed by atoms with Gasteiger partial charge in [-0.3, -0.25) is 0 Å². The van der Waals surface area contributed by atoms with E-state index < -0.39 is 18.6 Å². The molecule has 1 aromatic heterocycles. The van der Waals surface area contributed by atoms with Crippen molar-refractivity contribution < 1.29 is 17.7 Å². The minimum atomic E-state index is -4.51. The highest BCUT2D eigenvalue weighted by Gasteiger charge is 2.39. The molecule has 1 N–H and O–H groups in total. The van der Waals surface area contributed by atoms with Gasteiger partial charge in [-0.05, 0) is 0 Å². The standard InChI is InChI=1S/C7H7F3N4O/c8-7(9,10)5(1-11)2-12-3-6-13-4-15-14-6/h4-5,12H,2-3H2. The lowest BCUT2D eigenvalue weighted by molar-refractivity contribution is -0.157. The van der Waals surface area contributed by atoms with Crippen molar-refractivity contribution in [1.82, 2.24) is 15.5 Å². The molecule has 15 heavy (non-hydrogen) atoms. The van der Waals surface area contributed by atoms with Crippen LogP contribution in [0.2, 0.25) is 0 Å². The topological polar surface area (TPSA) is 74.7 Å². The number of halogens is 3. The fourth-order valence-electron chi connectivity index (χ4n) is 0.833. The molecule has 0 aliphatic carbocycles. The van der Waals surface area contributed by atoms with E-state index in [0.717, 1.165) is 6.39 Å². The zero-order valence-corrected chi connectivity index (χ0v) is 7.45. The maximum absolute atomic E-state index is 12.1. The van der Waals surface area contributed by atoms with Gasteiger partial charge in [0.2, 0.25) is 6.39 Å². The molecule has 0 bridgehead atoms. The normalized spacial score (nSPS) is 13.5. The summed E-state index contributed by atoms with van der Waals surface area (Å²) in [7, 11) is 0. The van der Waals surface area contributed by atoms with Crippen LogP contribution in [0.4, 0.5) is 13.2 Å². The van der Waals surface area contributed by atoms with E-state index >= 15 is 0 Å². The molecule has 0 spiro atoms. The Morgan fingerprint density at radius 1 is 1.60 bits per heavy atom. The van der Waals surface area contributed by atoms with Crippen molar-refractivity contribution in [3.05, 3.63) is 12.2 Å². The third-order valence-electron chi connectivity index (χ3n) is 1.59. The molecule has 5 nitrogen and oxygen atoms in total. The first-order chi connectivity index (χ1) is 7.04. The molecule has 0 saturated carbocycles. The average Bonchev–Trinajstić information content (AvgIpc) is 2.62. The molecule has 1 heterocycles. The van der Waals surface area contributed by atoms with Crippen molar-refractivity contribution in [3.63, 3.8) is 0 Å². The SMILES string of the molecule is N#CC(CNCc1ncon1)C(F)(F)F. The van der Waals surface area contributed by atoms with Gasteiger partial charge in [-0.25, -0.2) is 0 Å². The third-order valence-corrected chi connectivity index (χ3v) is 1.59. The highest BCUT2D eigenvalue weighted by Crippen LogP contribution is 2.24. The number of nitrogens with zero attached hydrogens (tertiary/aromatic N) is 3. The average molecular weight is 220 g/mol. The van der Waals surface area contributed by atoms with E-state index in [0.29, 0.717) is 0 Å². The van der Waals surface area contributed by atoms with Gasteiger partial charge in [0.25, 0.3) is 0 Å². The lowest BCUT2D eigenvalue weighted by atomic mass is 10.1. The van der Waals surface area contributed by atoms with Gasteiger partial charge < -0.3 is 9.84 Å². The molecule has 0 aliphatic heterocycles. The van der Waals surface area contributed by atoms with E-state index in [4.69, 9.17) is 5.26 Å². The van der Waals surface area contributed by atoms with Crippen LogP contribution in [0.25, 0.3) is 0 Å². The molecular formula is C7H7F3N4O. The number of rotatable bonds is 4. The molecule has 82 valence electrons. The monoisotopic (exact) mass is 220 g/mol. The Balaban J connectivity index is 2.34. The van der Waals surface area contributed by atoms with E-state index in [1.807, 2.05) is 0 Å². The van der Waals surface area contributed by atoms with Crippen LogP contribution >= 0.6 is 0 Å². The Morgan fingerprint density at radius 2 is 2.33 bits per heavy atom. The largest absolute Gasteiger partial charge is 0.405 e. The molecule has 0 radical (unpaired) electrons. The Morgan fingerprint density at radius 3 is 2.80 bits per heavy atom. The zero-order chi connectivity index (χ0) is 11.3. The maximum atomic E-state index is 12.1. The van der Waals surface area contributed by atoms with Crippen LogP contribution in [0.15, 0.2) is 10.9 Å².